The zero-order chi connectivity index (χ0) is 30.8. The van der Waals surface area contributed by atoms with Crippen LogP contribution in [0.25, 0.3) is 10.4 Å². The monoisotopic (exact) mass is 635 g/mol. The molecule has 3 aliphatic rings. The van der Waals surface area contributed by atoms with Crippen molar-refractivity contribution in [2.24, 2.45) is 11.8 Å². The van der Waals surface area contributed by atoms with Gasteiger partial charge in [0, 0.05) is 30.3 Å². The molecule has 1 heterocycles. The number of nitrogens with zero attached hydrogens (tertiary/aromatic N) is 2. The SMILES string of the molecule is CCS(=O)(=O)Nc1ccc([C@H]2CC[C@H](CN(c3cccc(-c4cnc(C5CC5)s4)c3)C(=O)[C@H]3CC[C@H](O)CC3)CC2)cc1C. The van der Waals surface area contributed by atoms with Crippen molar-refractivity contribution in [2.75, 3.05) is 21.9 Å². The van der Waals surface area contributed by atoms with Crippen molar-refractivity contribution in [2.45, 2.75) is 96.0 Å². The highest BCUT2D eigenvalue weighted by Gasteiger charge is 2.33. The lowest BCUT2D eigenvalue weighted by atomic mass is 9.78. The molecule has 2 aromatic carbocycles. The van der Waals surface area contributed by atoms with E-state index >= 15 is 0 Å². The number of sulfonamides is 1. The van der Waals surface area contributed by atoms with Crippen LogP contribution in [0.2, 0.25) is 0 Å². The molecule has 6 rings (SSSR count). The molecule has 3 fully saturated rings. The van der Waals surface area contributed by atoms with E-state index in [1.807, 2.05) is 19.2 Å². The minimum atomic E-state index is -3.31. The Hall–Kier alpha value is -2.75. The molecule has 0 spiro atoms. The van der Waals surface area contributed by atoms with Crippen LogP contribution in [0.5, 0.6) is 0 Å². The zero-order valence-corrected chi connectivity index (χ0v) is 27.5. The van der Waals surface area contributed by atoms with Crippen LogP contribution in [0, 0.1) is 18.8 Å². The number of hydrogen-bond donors (Lipinski definition) is 2. The van der Waals surface area contributed by atoms with E-state index < -0.39 is 10.0 Å². The van der Waals surface area contributed by atoms with E-state index in [9.17, 15) is 18.3 Å². The fraction of sp³-hybridized carbons (Fsp3) is 0.543. The lowest BCUT2D eigenvalue weighted by Gasteiger charge is -2.36. The summed E-state index contributed by atoms with van der Waals surface area (Å²) in [5, 5.41) is 11.3. The first-order valence-electron chi connectivity index (χ1n) is 16.4. The molecular formula is C35H45N3O4S2. The molecule has 0 atom stereocenters. The van der Waals surface area contributed by atoms with Crippen LogP contribution >= 0.6 is 11.3 Å². The summed E-state index contributed by atoms with van der Waals surface area (Å²) >= 11 is 1.78. The molecule has 236 valence electrons. The molecule has 3 aromatic rings. The number of rotatable bonds is 10. The minimum absolute atomic E-state index is 0.0464. The Morgan fingerprint density at radius 1 is 0.977 bits per heavy atom. The normalized spacial score (nSPS) is 24.2. The number of anilines is 2. The summed E-state index contributed by atoms with van der Waals surface area (Å²) in [6, 6.07) is 14.5. The Morgan fingerprint density at radius 3 is 2.39 bits per heavy atom. The molecule has 1 amide bonds. The molecule has 3 saturated carbocycles. The van der Waals surface area contributed by atoms with Crippen molar-refractivity contribution >= 4 is 38.6 Å². The van der Waals surface area contributed by atoms with Crippen molar-refractivity contribution in [1.29, 1.82) is 0 Å². The van der Waals surface area contributed by atoms with E-state index in [0.29, 0.717) is 42.8 Å². The number of aliphatic hydroxyl groups excluding tert-OH is 1. The smallest absolute Gasteiger partial charge is 0.232 e. The highest BCUT2D eigenvalue weighted by atomic mass is 32.2. The van der Waals surface area contributed by atoms with Crippen LogP contribution in [0.15, 0.2) is 48.7 Å². The van der Waals surface area contributed by atoms with Crippen LogP contribution in [0.1, 0.15) is 99.1 Å². The van der Waals surface area contributed by atoms with Gasteiger partial charge in [0.05, 0.1) is 27.4 Å². The summed E-state index contributed by atoms with van der Waals surface area (Å²) in [5.41, 5.74) is 4.94. The number of nitrogens with one attached hydrogen (secondary N) is 1. The molecule has 3 aliphatic carbocycles. The van der Waals surface area contributed by atoms with E-state index in [1.165, 1.54) is 23.4 Å². The molecule has 0 unspecified atom stereocenters. The fourth-order valence-corrected chi connectivity index (χ4v) is 8.66. The predicted molar refractivity (Wildman–Crippen MR) is 179 cm³/mol. The molecule has 44 heavy (non-hydrogen) atoms. The Bertz CT molecular complexity index is 1570. The van der Waals surface area contributed by atoms with Gasteiger partial charge in [-0.3, -0.25) is 9.52 Å². The molecule has 0 saturated heterocycles. The van der Waals surface area contributed by atoms with Crippen LogP contribution in [-0.4, -0.2) is 42.8 Å². The number of hydrogen-bond acceptors (Lipinski definition) is 6. The van der Waals surface area contributed by atoms with E-state index in [2.05, 4.69) is 51.0 Å². The third-order valence-corrected chi connectivity index (χ3v) is 12.4. The van der Waals surface area contributed by atoms with E-state index in [0.717, 1.165) is 60.2 Å². The van der Waals surface area contributed by atoms with Crippen LogP contribution in [0.4, 0.5) is 11.4 Å². The second kappa shape index (κ2) is 13.3. The maximum absolute atomic E-state index is 14.1. The first-order valence-corrected chi connectivity index (χ1v) is 18.8. The van der Waals surface area contributed by atoms with Crippen LogP contribution in [-0.2, 0) is 14.8 Å². The number of benzene rings is 2. The molecular weight excluding hydrogens is 591 g/mol. The number of aryl methyl sites for hydroxylation is 1. The lowest BCUT2D eigenvalue weighted by Crippen LogP contribution is -2.41. The number of carbonyl (C=O) groups is 1. The molecule has 2 N–H and O–H groups in total. The number of thiazole rings is 1. The van der Waals surface area contributed by atoms with Gasteiger partial charge in [0.15, 0.2) is 0 Å². The minimum Gasteiger partial charge on any atom is -0.393 e. The molecule has 7 nitrogen and oxygen atoms in total. The van der Waals surface area contributed by atoms with Gasteiger partial charge in [0.25, 0.3) is 0 Å². The van der Waals surface area contributed by atoms with Gasteiger partial charge in [-0.2, -0.15) is 0 Å². The third kappa shape index (κ3) is 7.37. The molecule has 9 heteroatoms. The molecule has 0 aliphatic heterocycles. The molecule has 0 radical (unpaired) electrons. The Kier molecular flexibility index (Phi) is 9.45. The van der Waals surface area contributed by atoms with Crippen molar-refractivity contribution in [3.8, 4) is 10.4 Å². The van der Waals surface area contributed by atoms with Crippen molar-refractivity contribution in [3.05, 3.63) is 64.8 Å². The predicted octanol–water partition coefficient (Wildman–Crippen LogP) is 7.62. The van der Waals surface area contributed by atoms with Gasteiger partial charge in [0.1, 0.15) is 0 Å². The summed E-state index contributed by atoms with van der Waals surface area (Å²) in [6.45, 7) is 4.31. The zero-order valence-electron chi connectivity index (χ0n) is 25.9. The van der Waals surface area contributed by atoms with Gasteiger partial charge in [-0.1, -0.05) is 24.3 Å². The maximum Gasteiger partial charge on any atom is 0.232 e. The van der Waals surface area contributed by atoms with Gasteiger partial charge >= 0.3 is 0 Å². The lowest BCUT2D eigenvalue weighted by molar-refractivity contribution is -0.124. The second-order valence-electron chi connectivity index (χ2n) is 13.1. The topological polar surface area (TPSA) is 99.6 Å². The number of aliphatic hydroxyl groups is 1. The van der Waals surface area contributed by atoms with Gasteiger partial charge in [0.2, 0.25) is 15.9 Å². The van der Waals surface area contributed by atoms with Gasteiger partial charge in [-0.05, 0) is 125 Å². The van der Waals surface area contributed by atoms with E-state index in [-0.39, 0.29) is 23.7 Å². The summed E-state index contributed by atoms with van der Waals surface area (Å²) in [7, 11) is -3.31. The third-order valence-electron chi connectivity index (χ3n) is 9.86. The molecule has 0 bridgehead atoms. The first kappa shape index (κ1) is 31.2. The maximum atomic E-state index is 14.1. The fourth-order valence-electron chi connectivity index (χ4n) is 6.86. The number of carbonyl (C=O) groups excluding carboxylic acids is 1. The Labute approximate surface area is 266 Å². The van der Waals surface area contributed by atoms with Gasteiger partial charge in [-0.25, -0.2) is 13.4 Å². The van der Waals surface area contributed by atoms with E-state index in [1.54, 1.807) is 18.3 Å². The van der Waals surface area contributed by atoms with Crippen LogP contribution < -0.4 is 9.62 Å². The van der Waals surface area contributed by atoms with Crippen molar-refractivity contribution in [1.82, 2.24) is 4.98 Å². The average Bonchev–Trinajstić information content (AvgIpc) is 3.77. The van der Waals surface area contributed by atoms with Crippen molar-refractivity contribution in [3.63, 3.8) is 0 Å². The van der Waals surface area contributed by atoms with Crippen LogP contribution in [0.3, 0.4) is 0 Å². The largest absolute Gasteiger partial charge is 0.393 e. The van der Waals surface area contributed by atoms with Crippen molar-refractivity contribution < 1.29 is 18.3 Å². The summed E-state index contributed by atoms with van der Waals surface area (Å²) in [6.07, 6.45) is 11.2. The Morgan fingerprint density at radius 2 is 1.70 bits per heavy atom. The summed E-state index contributed by atoms with van der Waals surface area (Å²) in [4.78, 5) is 22.0. The highest BCUT2D eigenvalue weighted by Crippen LogP contribution is 2.44. The summed E-state index contributed by atoms with van der Waals surface area (Å²) < 4.78 is 26.8. The Balaban J connectivity index is 1.16. The number of aromatic nitrogens is 1. The van der Waals surface area contributed by atoms with Gasteiger partial charge < -0.3 is 10.0 Å². The average molecular weight is 636 g/mol. The quantitative estimate of drug-likeness (QED) is 0.239. The standard InChI is InChI=1S/C35H45N3O4S2/c1-3-44(41,42)37-32-18-15-28(19-23(32)2)25-9-7-24(8-10-25)22-38(35(40)27-13-16-31(39)17-14-27)30-6-4-5-29(20-30)33-21-36-34(43-33)26-11-12-26/h4-6,15,18-21,24-27,31,37,39H,3,7-14,16-17,22H2,1-2H3/t24-,25-,27-,31-. The second-order valence-corrected chi connectivity index (χ2v) is 16.2. The highest BCUT2D eigenvalue weighted by molar-refractivity contribution is 7.92. The van der Waals surface area contributed by atoms with Gasteiger partial charge in [-0.15, -0.1) is 11.3 Å². The molecule has 1 aromatic heterocycles. The van der Waals surface area contributed by atoms with E-state index in [4.69, 9.17) is 0 Å². The number of amides is 1. The first-order chi connectivity index (χ1) is 21.2. The summed E-state index contributed by atoms with van der Waals surface area (Å²) in [5.74, 6) is 1.67.